The van der Waals surface area contributed by atoms with Crippen molar-refractivity contribution in [2.24, 2.45) is 0 Å². The van der Waals surface area contributed by atoms with Crippen molar-refractivity contribution in [3.05, 3.63) is 52.0 Å². The van der Waals surface area contributed by atoms with Gasteiger partial charge >= 0.3 is 5.97 Å². The molecule has 0 aliphatic carbocycles. The van der Waals surface area contributed by atoms with Crippen LogP contribution in [0, 0.1) is 13.8 Å². The maximum absolute atomic E-state index is 11.9. The Morgan fingerprint density at radius 2 is 1.90 bits per heavy atom. The van der Waals surface area contributed by atoms with Crippen LogP contribution in [-0.4, -0.2) is 13.1 Å². The summed E-state index contributed by atoms with van der Waals surface area (Å²) < 4.78 is 10.6. The van der Waals surface area contributed by atoms with Crippen molar-refractivity contribution in [1.29, 1.82) is 0 Å². The van der Waals surface area contributed by atoms with Crippen LogP contribution in [0.5, 0.6) is 11.5 Å². The lowest BCUT2D eigenvalue weighted by atomic mass is 10.1. The molecule has 0 aliphatic heterocycles. The fraction of sp³-hybridized carbons (Fsp3) is 0.188. The molecule has 4 nitrogen and oxygen atoms in total. The summed E-state index contributed by atoms with van der Waals surface area (Å²) in [6.07, 6.45) is 0. The Labute approximate surface area is 128 Å². The van der Waals surface area contributed by atoms with Gasteiger partial charge in [0.1, 0.15) is 11.3 Å². The van der Waals surface area contributed by atoms with Gasteiger partial charge in [0.15, 0.2) is 5.75 Å². The maximum Gasteiger partial charge on any atom is 0.341 e. The molecule has 0 fully saturated rings. The maximum atomic E-state index is 11.9. The summed E-state index contributed by atoms with van der Waals surface area (Å²) in [6.45, 7) is 3.91. The zero-order valence-corrected chi connectivity index (χ0v) is 12.8. The lowest BCUT2D eigenvalue weighted by Gasteiger charge is -2.14. The van der Waals surface area contributed by atoms with Gasteiger partial charge in [-0.15, -0.1) is 0 Å². The van der Waals surface area contributed by atoms with Crippen molar-refractivity contribution < 1.29 is 14.3 Å². The van der Waals surface area contributed by atoms with Crippen LogP contribution < -0.4 is 10.5 Å². The van der Waals surface area contributed by atoms with E-state index in [9.17, 15) is 4.79 Å². The molecule has 0 atom stereocenters. The van der Waals surface area contributed by atoms with Crippen LogP contribution in [0.15, 0.2) is 30.3 Å². The van der Waals surface area contributed by atoms with Gasteiger partial charge in [-0.25, -0.2) is 4.79 Å². The Morgan fingerprint density at radius 1 is 1.19 bits per heavy atom. The average Bonchev–Trinajstić information content (AvgIpc) is 2.42. The number of rotatable bonds is 3. The smallest absolute Gasteiger partial charge is 0.341 e. The molecule has 0 radical (unpaired) electrons. The first kappa shape index (κ1) is 15.2. The number of aryl methyl sites for hydroxylation is 2. The van der Waals surface area contributed by atoms with Crippen LogP contribution >= 0.6 is 11.6 Å². The van der Waals surface area contributed by atoms with Crippen molar-refractivity contribution in [1.82, 2.24) is 0 Å². The number of ether oxygens (including phenoxy) is 2. The highest BCUT2D eigenvalue weighted by Crippen LogP contribution is 2.36. The molecule has 2 aromatic carbocycles. The predicted molar refractivity (Wildman–Crippen MR) is 83.2 cm³/mol. The number of halogens is 1. The Kier molecular flexibility index (Phi) is 4.38. The molecule has 2 N–H and O–H groups in total. The third-order valence-electron chi connectivity index (χ3n) is 3.01. The highest BCUT2D eigenvalue weighted by Gasteiger charge is 2.19. The van der Waals surface area contributed by atoms with E-state index in [4.69, 9.17) is 26.8 Å². The van der Waals surface area contributed by atoms with Gasteiger partial charge in [0.05, 0.1) is 12.1 Å². The molecule has 0 unspecified atom stereocenters. The SMILES string of the molecule is COC(=O)c1cc(N)cc(Cl)c1Oc1ccc(C)cc1C. The van der Waals surface area contributed by atoms with E-state index < -0.39 is 5.97 Å². The number of carbonyl (C=O) groups excluding carboxylic acids is 1. The lowest BCUT2D eigenvalue weighted by molar-refractivity contribution is 0.0598. The molecule has 0 spiro atoms. The number of carbonyl (C=O) groups is 1. The second-order valence-electron chi connectivity index (χ2n) is 4.74. The second kappa shape index (κ2) is 6.06. The first-order valence-corrected chi connectivity index (χ1v) is 6.72. The Bertz CT molecular complexity index is 698. The molecule has 0 aromatic heterocycles. The minimum absolute atomic E-state index is 0.197. The number of anilines is 1. The highest BCUT2D eigenvalue weighted by atomic mass is 35.5. The van der Waals surface area contributed by atoms with Crippen molar-refractivity contribution >= 4 is 23.3 Å². The summed E-state index contributed by atoms with van der Waals surface area (Å²) in [5.41, 5.74) is 8.35. The van der Waals surface area contributed by atoms with Crippen LogP contribution in [0.3, 0.4) is 0 Å². The van der Waals surface area contributed by atoms with Crippen molar-refractivity contribution in [3.8, 4) is 11.5 Å². The standard InChI is InChI=1S/C16H16ClNO3/c1-9-4-5-14(10(2)6-9)21-15-12(16(19)20-3)7-11(18)8-13(15)17/h4-8H,18H2,1-3H3. The number of esters is 1. The van der Waals surface area contributed by atoms with E-state index in [1.807, 2.05) is 32.0 Å². The molecule has 110 valence electrons. The lowest BCUT2D eigenvalue weighted by Crippen LogP contribution is -2.05. The number of hydrogen-bond donors (Lipinski definition) is 1. The van der Waals surface area contributed by atoms with E-state index in [0.717, 1.165) is 11.1 Å². The van der Waals surface area contributed by atoms with Gasteiger partial charge in [-0.1, -0.05) is 29.3 Å². The van der Waals surface area contributed by atoms with E-state index >= 15 is 0 Å². The summed E-state index contributed by atoms with van der Waals surface area (Å²) >= 11 is 6.16. The zero-order chi connectivity index (χ0) is 15.6. The van der Waals surface area contributed by atoms with E-state index in [2.05, 4.69) is 0 Å². The molecule has 5 heteroatoms. The van der Waals surface area contributed by atoms with Gasteiger partial charge in [-0.2, -0.15) is 0 Å². The quantitative estimate of drug-likeness (QED) is 0.684. The van der Waals surface area contributed by atoms with Crippen molar-refractivity contribution in [2.45, 2.75) is 13.8 Å². The summed E-state index contributed by atoms with van der Waals surface area (Å²) in [6, 6.07) is 8.76. The summed E-state index contributed by atoms with van der Waals surface area (Å²) in [4.78, 5) is 11.9. The molecule has 21 heavy (non-hydrogen) atoms. The van der Waals surface area contributed by atoms with Gasteiger partial charge in [-0.05, 0) is 37.6 Å². The third-order valence-corrected chi connectivity index (χ3v) is 3.29. The van der Waals surface area contributed by atoms with E-state index in [1.54, 1.807) is 0 Å². The average molecular weight is 306 g/mol. The normalized spacial score (nSPS) is 10.3. The van der Waals surface area contributed by atoms with Gasteiger partial charge in [0.2, 0.25) is 0 Å². The fourth-order valence-electron chi connectivity index (χ4n) is 2.00. The molecule has 2 aromatic rings. The molecular weight excluding hydrogens is 290 g/mol. The predicted octanol–water partition coefficient (Wildman–Crippen LogP) is 4.12. The van der Waals surface area contributed by atoms with E-state index in [-0.39, 0.29) is 16.3 Å². The van der Waals surface area contributed by atoms with Crippen LogP contribution in [0.1, 0.15) is 21.5 Å². The number of nitrogens with two attached hydrogens (primary N) is 1. The topological polar surface area (TPSA) is 61.5 Å². The van der Waals surface area contributed by atoms with Crippen LogP contribution in [0.25, 0.3) is 0 Å². The fourth-order valence-corrected chi connectivity index (χ4v) is 2.27. The van der Waals surface area contributed by atoms with Gasteiger partial charge in [-0.3, -0.25) is 0 Å². The van der Waals surface area contributed by atoms with E-state index in [0.29, 0.717) is 11.4 Å². The largest absolute Gasteiger partial charge is 0.465 e. The molecule has 0 saturated heterocycles. The van der Waals surface area contributed by atoms with Crippen LogP contribution in [0.4, 0.5) is 5.69 Å². The molecule has 0 amide bonds. The number of methoxy groups -OCH3 is 1. The number of nitrogen functional groups attached to an aromatic ring is 1. The van der Waals surface area contributed by atoms with Crippen LogP contribution in [0.2, 0.25) is 5.02 Å². The zero-order valence-electron chi connectivity index (χ0n) is 12.1. The minimum atomic E-state index is -0.552. The van der Waals surface area contributed by atoms with E-state index in [1.165, 1.54) is 19.2 Å². The Morgan fingerprint density at radius 3 is 2.52 bits per heavy atom. The van der Waals surface area contributed by atoms with Crippen molar-refractivity contribution in [2.75, 3.05) is 12.8 Å². The van der Waals surface area contributed by atoms with Gasteiger partial charge < -0.3 is 15.2 Å². The Balaban J connectivity index is 2.50. The second-order valence-corrected chi connectivity index (χ2v) is 5.15. The summed E-state index contributed by atoms with van der Waals surface area (Å²) in [5, 5.41) is 0.260. The monoisotopic (exact) mass is 305 g/mol. The molecule has 0 heterocycles. The highest BCUT2D eigenvalue weighted by molar-refractivity contribution is 6.33. The number of hydrogen-bond acceptors (Lipinski definition) is 4. The van der Waals surface area contributed by atoms with Crippen molar-refractivity contribution in [3.63, 3.8) is 0 Å². The molecule has 2 rings (SSSR count). The number of benzene rings is 2. The molecule has 0 saturated carbocycles. The summed E-state index contributed by atoms with van der Waals surface area (Å²) in [5.74, 6) is 0.311. The Hall–Kier alpha value is -2.20. The first-order valence-electron chi connectivity index (χ1n) is 6.35. The van der Waals surface area contributed by atoms with Gasteiger partial charge in [0.25, 0.3) is 0 Å². The van der Waals surface area contributed by atoms with Crippen LogP contribution in [-0.2, 0) is 4.74 Å². The summed E-state index contributed by atoms with van der Waals surface area (Å²) in [7, 11) is 1.29. The molecule has 0 aliphatic rings. The first-order chi connectivity index (χ1) is 9.92. The minimum Gasteiger partial charge on any atom is -0.465 e. The third kappa shape index (κ3) is 3.28. The van der Waals surface area contributed by atoms with Gasteiger partial charge in [0, 0.05) is 5.69 Å². The molecule has 0 bridgehead atoms. The molecular formula is C16H16ClNO3.